The van der Waals surface area contributed by atoms with Crippen molar-refractivity contribution < 1.29 is 14.2 Å². The lowest BCUT2D eigenvalue weighted by molar-refractivity contribution is 0.261. The molecule has 0 saturated carbocycles. The first kappa shape index (κ1) is 20.5. The number of para-hydroxylation sites is 3. The zero-order valence-corrected chi connectivity index (χ0v) is 17.7. The van der Waals surface area contributed by atoms with Gasteiger partial charge in [0.1, 0.15) is 24.8 Å². The monoisotopic (exact) mass is 414 g/mol. The largest absolute Gasteiger partial charge is 0.493 e. The lowest BCUT2D eigenvalue weighted by Crippen LogP contribution is -2.13. The summed E-state index contributed by atoms with van der Waals surface area (Å²) in [6.07, 6.45) is 2.66. The minimum atomic E-state index is 0.331. The summed E-state index contributed by atoms with van der Waals surface area (Å²) in [5.41, 5.74) is 3.13. The van der Waals surface area contributed by atoms with Crippen LogP contribution < -0.4 is 14.2 Å². The zero-order valence-electron chi connectivity index (χ0n) is 17.7. The highest BCUT2D eigenvalue weighted by atomic mass is 16.5. The molecule has 1 aromatic heterocycles. The van der Waals surface area contributed by atoms with Crippen molar-refractivity contribution >= 4 is 11.0 Å². The number of hydrogen-bond acceptors (Lipinski definition) is 4. The van der Waals surface area contributed by atoms with Gasteiger partial charge in [0.25, 0.3) is 0 Å². The van der Waals surface area contributed by atoms with E-state index in [1.165, 1.54) is 0 Å². The van der Waals surface area contributed by atoms with E-state index in [9.17, 15) is 0 Å². The second kappa shape index (κ2) is 9.85. The molecule has 3 aromatic carbocycles. The SMILES string of the molecule is C=CCc1ccc(OCc2nc3ccccc3n2CCOc2ccccc2)c(OC)c1. The van der Waals surface area contributed by atoms with Crippen molar-refractivity contribution in [3.63, 3.8) is 0 Å². The lowest BCUT2D eigenvalue weighted by Gasteiger charge is -2.14. The van der Waals surface area contributed by atoms with Gasteiger partial charge < -0.3 is 18.8 Å². The third-order valence-corrected chi connectivity index (χ3v) is 5.03. The molecule has 0 spiro atoms. The molecule has 0 amide bonds. The van der Waals surface area contributed by atoms with Crippen molar-refractivity contribution in [2.75, 3.05) is 13.7 Å². The van der Waals surface area contributed by atoms with Gasteiger partial charge in [0.05, 0.1) is 24.7 Å². The summed E-state index contributed by atoms with van der Waals surface area (Å²) in [6, 6.07) is 23.9. The number of benzene rings is 3. The minimum Gasteiger partial charge on any atom is -0.493 e. The number of imidazole rings is 1. The Morgan fingerprint density at radius 1 is 0.935 bits per heavy atom. The Hall–Kier alpha value is -3.73. The van der Waals surface area contributed by atoms with Gasteiger partial charge in [-0.2, -0.15) is 0 Å². The van der Waals surface area contributed by atoms with Crippen LogP contribution in [0.2, 0.25) is 0 Å². The van der Waals surface area contributed by atoms with Gasteiger partial charge in [-0.1, -0.05) is 42.5 Å². The van der Waals surface area contributed by atoms with Crippen LogP contribution in [0.25, 0.3) is 11.0 Å². The van der Waals surface area contributed by atoms with E-state index in [2.05, 4.69) is 17.2 Å². The fraction of sp³-hybridized carbons (Fsp3) is 0.192. The molecule has 1 heterocycles. The molecular formula is C26H26N2O3. The Balaban J connectivity index is 1.52. The number of hydrogen-bond donors (Lipinski definition) is 0. The summed E-state index contributed by atoms with van der Waals surface area (Å²) in [5, 5.41) is 0. The van der Waals surface area contributed by atoms with Crippen LogP contribution in [0.4, 0.5) is 0 Å². The van der Waals surface area contributed by atoms with Crippen molar-refractivity contribution in [2.24, 2.45) is 0 Å². The summed E-state index contributed by atoms with van der Waals surface area (Å²) in [4.78, 5) is 4.78. The molecule has 158 valence electrons. The maximum Gasteiger partial charge on any atom is 0.161 e. The zero-order chi connectivity index (χ0) is 21.5. The molecular weight excluding hydrogens is 388 g/mol. The molecule has 0 aliphatic heterocycles. The van der Waals surface area contributed by atoms with Crippen LogP contribution >= 0.6 is 0 Å². The first-order valence-electron chi connectivity index (χ1n) is 10.3. The summed E-state index contributed by atoms with van der Waals surface area (Å²) in [5.74, 6) is 3.09. The number of nitrogens with zero attached hydrogens (tertiary/aromatic N) is 2. The Morgan fingerprint density at radius 2 is 1.74 bits per heavy atom. The van der Waals surface area contributed by atoms with E-state index >= 15 is 0 Å². The molecule has 0 aliphatic rings. The fourth-order valence-electron chi connectivity index (χ4n) is 3.52. The predicted octanol–water partition coefficient (Wildman–Crippen LogP) is 5.43. The normalized spacial score (nSPS) is 10.7. The second-order valence-electron chi connectivity index (χ2n) is 7.10. The van der Waals surface area contributed by atoms with Crippen LogP contribution in [-0.4, -0.2) is 23.3 Å². The molecule has 0 fully saturated rings. The third-order valence-electron chi connectivity index (χ3n) is 5.03. The topological polar surface area (TPSA) is 45.5 Å². The maximum absolute atomic E-state index is 6.11. The average Bonchev–Trinajstić information content (AvgIpc) is 3.16. The molecule has 31 heavy (non-hydrogen) atoms. The number of methoxy groups -OCH3 is 1. The van der Waals surface area contributed by atoms with E-state index in [4.69, 9.17) is 19.2 Å². The van der Waals surface area contributed by atoms with Crippen molar-refractivity contribution in [1.82, 2.24) is 9.55 Å². The molecule has 0 saturated heterocycles. The standard InChI is InChI=1S/C26H26N2O3/c1-3-9-20-14-15-24(25(18-20)29-2)31-19-26-27-22-12-7-8-13-23(22)28(26)16-17-30-21-10-5-4-6-11-21/h3-8,10-15,18H,1,9,16-17,19H2,2H3. The van der Waals surface area contributed by atoms with Crippen molar-refractivity contribution in [1.29, 1.82) is 0 Å². The number of allylic oxidation sites excluding steroid dienone is 1. The third kappa shape index (κ3) is 4.89. The summed E-state index contributed by atoms with van der Waals surface area (Å²) in [6.45, 7) is 5.33. The van der Waals surface area contributed by atoms with Gasteiger partial charge in [0.15, 0.2) is 11.5 Å². The lowest BCUT2D eigenvalue weighted by atomic mass is 10.1. The Labute approximate surface area is 182 Å². The van der Waals surface area contributed by atoms with E-state index in [1.54, 1.807) is 7.11 Å². The van der Waals surface area contributed by atoms with Crippen LogP contribution in [0.15, 0.2) is 85.5 Å². The van der Waals surface area contributed by atoms with Crippen molar-refractivity contribution in [3.05, 3.63) is 96.8 Å². The summed E-state index contributed by atoms with van der Waals surface area (Å²) >= 11 is 0. The van der Waals surface area contributed by atoms with Crippen LogP contribution in [0.1, 0.15) is 11.4 Å². The Morgan fingerprint density at radius 3 is 2.55 bits per heavy atom. The molecule has 5 heteroatoms. The average molecular weight is 415 g/mol. The molecule has 0 atom stereocenters. The van der Waals surface area contributed by atoms with E-state index in [0.717, 1.165) is 34.6 Å². The first-order chi connectivity index (χ1) is 15.3. The number of ether oxygens (including phenoxy) is 3. The summed E-state index contributed by atoms with van der Waals surface area (Å²) in [7, 11) is 1.65. The smallest absolute Gasteiger partial charge is 0.161 e. The van der Waals surface area contributed by atoms with E-state index in [-0.39, 0.29) is 0 Å². The highest BCUT2D eigenvalue weighted by Crippen LogP contribution is 2.29. The quantitative estimate of drug-likeness (QED) is 0.325. The van der Waals surface area contributed by atoms with E-state index < -0.39 is 0 Å². The molecule has 0 bridgehead atoms. The van der Waals surface area contributed by atoms with Gasteiger partial charge in [-0.25, -0.2) is 4.98 Å². The molecule has 4 rings (SSSR count). The maximum atomic E-state index is 6.11. The van der Waals surface area contributed by atoms with Crippen LogP contribution in [0.3, 0.4) is 0 Å². The molecule has 0 aliphatic carbocycles. The predicted molar refractivity (Wildman–Crippen MR) is 123 cm³/mol. The van der Waals surface area contributed by atoms with E-state index in [0.29, 0.717) is 31.3 Å². The van der Waals surface area contributed by atoms with Crippen LogP contribution in [0, 0.1) is 0 Å². The van der Waals surface area contributed by atoms with Gasteiger partial charge in [-0.3, -0.25) is 0 Å². The van der Waals surface area contributed by atoms with Gasteiger partial charge in [0, 0.05) is 0 Å². The Kier molecular flexibility index (Phi) is 6.53. The van der Waals surface area contributed by atoms with Crippen molar-refractivity contribution in [2.45, 2.75) is 19.6 Å². The van der Waals surface area contributed by atoms with Crippen LogP contribution in [0.5, 0.6) is 17.2 Å². The van der Waals surface area contributed by atoms with Gasteiger partial charge in [-0.05, 0) is 48.4 Å². The first-order valence-corrected chi connectivity index (χ1v) is 10.3. The number of fused-ring (bicyclic) bond motifs is 1. The van der Waals surface area contributed by atoms with Gasteiger partial charge >= 0.3 is 0 Å². The molecule has 0 unspecified atom stereocenters. The number of rotatable bonds is 10. The second-order valence-corrected chi connectivity index (χ2v) is 7.10. The van der Waals surface area contributed by atoms with Crippen LogP contribution in [-0.2, 0) is 19.6 Å². The highest BCUT2D eigenvalue weighted by molar-refractivity contribution is 5.75. The molecule has 0 N–H and O–H groups in total. The van der Waals surface area contributed by atoms with Gasteiger partial charge in [0.2, 0.25) is 0 Å². The molecule has 0 radical (unpaired) electrons. The minimum absolute atomic E-state index is 0.331. The van der Waals surface area contributed by atoms with Crippen molar-refractivity contribution in [3.8, 4) is 17.2 Å². The summed E-state index contributed by atoms with van der Waals surface area (Å²) < 4.78 is 19.7. The molecule has 4 aromatic rings. The Bertz CT molecular complexity index is 1150. The fourth-order valence-corrected chi connectivity index (χ4v) is 3.52. The highest BCUT2D eigenvalue weighted by Gasteiger charge is 2.13. The molecule has 5 nitrogen and oxygen atoms in total. The van der Waals surface area contributed by atoms with Gasteiger partial charge in [-0.15, -0.1) is 6.58 Å². The van der Waals surface area contributed by atoms with E-state index in [1.807, 2.05) is 72.8 Å². The number of aromatic nitrogens is 2.